The Labute approximate surface area is 357 Å². The molecule has 2 aliphatic heterocycles. The van der Waals surface area contributed by atoms with E-state index >= 15 is 0 Å². The van der Waals surface area contributed by atoms with E-state index in [0.717, 1.165) is 90.0 Å². The lowest BCUT2D eigenvalue weighted by Crippen LogP contribution is -2.63. The van der Waals surface area contributed by atoms with Crippen LogP contribution in [0.5, 0.6) is 0 Å². The fourth-order valence-electron chi connectivity index (χ4n) is 10.2. The van der Waals surface area contributed by atoms with Gasteiger partial charge in [-0.3, -0.25) is 24.6 Å². The van der Waals surface area contributed by atoms with E-state index < -0.39 is 27.4 Å². The number of amides is 1. The van der Waals surface area contributed by atoms with E-state index in [4.69, 9.17) is 4.74 Å². The zero-order valence-corrected chi connectivity index (χ0v) is 41.2. The summed E-state index contributed by atoms with van der Waals surface area (Å²) in [5.74, 6) is 0.783. The minimum Gasteiger partial charge on any atom is -0.449 e. The van der Waals surface area contributed by atoms with Crippen LogP contribution in [0.2, 0.25) is 0 Å². The van der Waals surface area contributed by atoms with Crippen LogP contribution in [0.4, 0.5) is 4.79 Å². The zero-order chi connectivity index (χ0) is 44.8. The molecular formula is C49H92N4O5. The Morgan fingerprint density at radius 1 is 0.586 bits per heavy atom. The molecule has 0 radical (unpaired) electrons. The SMILES string of the molecule is CC(C)(C)NC(CCCCCCOC(=O)N1CC[C@@](NC(C)(C)C)(C(=O)C(C)(C)C)C1)(CCCCCC[C@@]1(C(=O)C(C)(C)C)CCCN1C(C)(C)C)C(=O)C(C)(C)C. The maximum absolute atomic E-state index is 14.4. The molecule has 1 unspecified atom stereocenters. The van der Waals surface area contributed by atoms with Crippen molar-refractivity contribution in [3.63, 3.8) is 0 Å². The molecule has 2 rings (SSSR count). The predicted octanol–water partition coefficient (Wildman–Crippen LogP) is 10.9. The van der Waals surface area contributed by atoms with Crippen LogP contribution >= 0.6 is 0 Å². The lowest BCUT2D eigenvalue weighted by atomic mass is 9.71. The summed E-state index contributed by atoms with van der Waals surface area (Å²) in [6.45, 7) is 39.7. The van der Waals surface area contributed by atoms with Crippen molar-refractivity contribution in [2.24, 2.45) is 16.2 Å². The molecule has 338 valence electrons. The minimum atomic E-state index is -0.785. The molecule has 2 heterocycles. The van der Waals surface area contributed by atoms with Crippen molar-refractivity contribution in [1.82, 2.24) is 20.4 Å². The highest BCUT2D eigenvalue weighted by molar-refractivity contribution is 5.94. The van der Waals surface area contributed by atoms with Gasteiger partial charge >= 0.3 is 6.09 Å². The molecule has 1 amide bonds. The van der Waals surface area contributed by atoms with E-state index in [9.17, 15) is 19.2 Å². The summed E-state index contributed by atoms with van der Waals surface area (Å²) in [6.07, 6.45) is 12.2. The molecule has 2 aliphatic rings. The fraction of sp³-hybridized carbons (Fsp3) is 0.918. The molecule has 0 saturated carbocycles. The smallest absolute Gasteiger partial charge is 0.409 e. The topological polar surface area (TPSA) is 108 Å². The van der Waals surface area contributed by atoms with E-state index in [-0.39, 0.29) is 39.7 Å². The van der Waals surface area contributed by atoms with Crippen molar-refractivity contribution in [1.29, 1.82) is 0 Å². The summed E-state index contributed by atoms with van der Waals surface area (Å²) in [4.78, 5) is 59.4. The molecule has 9 nitrogen and oxygen atoms in total. The van der Waals surface area contributed by atoms with Crippen LogP contribution in [0.25, 0.3) is 0 Å². The van der Waals surface area contributed by atoms with E-state index in [0.29, 0.717) is 31.9 Å². The number of nitrogens with zero attached hydrogens (tertiary/aromatic N) is 2. The van der Waals surface area contributed by atoms with Crippen LogP contribution in [-0.4, -0.2) is 92.7 Å². The van der Waals surface area contributed by atoms with Crippen molar-refractivity contribution in [3.05, 3.63) is 0 Å². The van der Waals surface area contributed by atoms with E-state index in [1.165, 1.54) is 0 Å². The van der Waals surface area contributed by atoms with Gasteiger partial charge in [-0.2, -0.15) is 0 Å². The van der Waals surface area contributed by atoms with E-state index in [2.05, 4.69) is 98.6 Å². The molecule has 0 bridgehead atoms. The third-order valence-corrected chi connectivity index (χ3v) is 12.1. The summed E-state index contributed by atoms with van der Waals surface area (Å²) < 4.78 is 5.75. The fourth-order valence-corrected chi connectivity index (χ4v) is 10.2. The largest absolute Gasteiger partial charge is 0.449 e. The van der Waals surface area contributed by atoms with Gasteiger partial charge in [-0.1, -0.05) is 107 Å². The van der Waals surface area contributed by atoms with Gasteiger partial charge in [-0.15, -0.1) is 0 Å². The Bertz CT molecular complexity index is 1380. The highest BCUT2D eigenvalue weighted by Gasteiger charge is 2.54. The van der Waals surface area contributed by atoms with E-state index in [1.54, 1.807) is 4.90 Å². The maximum atomic E-state index is 14.4. The number of ether oxygens (including phenoxy) is 1. The first-order chi connectivity index (χ1) is 26.1. The monoisotopic (exact) mass is 817 g/mol. The maximum Gasteiger partial charge on any atom is 0.409 e. The normalized spacial score (nSPS) is 22.6. The number of ketones is 3. The second kappa shape index (κ2) is 19.5. The molecule has 3 atom stereocenters. The summed E-state index contributed by atoms with van der Waals surface area (Å²) >= 11 is 0. The van der Waals surface area contributed by atoms with Crippen molar-refractivity contribution < 1.29 is 23.9 Å². The highest BCUT2D eigenvalue weighted by Crippen LogP contribution is 2.44. The van der Waals surface area contributed by atoms with Crippen LogP contribution in [-0.2, 0) is 19.1 Å². The number of carbonyl (C=O) groups excluding carboxylic acids is 4. The van der Waals surface area contributed by atoms with E-state index in [1.807, 2.05) is 41.5 Å². The van der Waals surface area contributed by atoms with Crippen molar-refractivity contribution in [2.45, 2.75) is 248 Å². The summed E-state index contributed by atoms with van der Waals surface area (Å²) in [5.41, 5.74) is -3.79. The van der Waals surface area contributed by atoms with Crippen LogP contribution in [0.15, 0.2) is 0 Å². The Morgan fingerprint density at radius 3 is 1.57 bits per heavy atom. The molecule has 0 spiro atoms. The first-order valence-corrected chi connectivity index (χ1v) is 23.1. The highest BCUT2D eigenvalue weighted by atomic mass is 16.6. The van der Waals surface area contributed by atoms with Crippen LogP contribution in [0.3, 0.4) is 0 Å². The molecule has 9 heteroatoms. The second-order valence-electron chi connectivity index (χ2n) is 24.5. The lowest BCUT2D eigenvalue weighted by molar-refractivity contribution is -0.141. The summed E-state index contributed by atoms with van der Waals surface area (Å²) in [6, 6.07) is 0. The van der Waals surface area contributed by atoms with Gasteiger partial charge in [0.15, 0.2) is 17.3 Å². The average Bonchev–Trinajstić information content (AvgIpc) is 3.68. The van der Waals surface area contributed by atoms with Gasteiger partial charge in [-0.05, 0) is 114 Å². The van der Waals surface area contributed by atoms with Crippen LogP contribution < -0.4 is 10.6 Å². The number of likely N-dealkylation sites (tertiary alicyclic amines) is 2. The van der Waals surface area contributed by atoms with Gasteiger partial charge in [0.1, 0.15) is 0 Å². The van der Waals surface area contributed by atoms with Crippen LogP contribution in [0.1, 0.15) is 215 Å². The number of carbonyl (C=O) groups is 4. The Hall–Kier alpha value is -1.84. The summed E-state index contributed by atoms with van der Waals surface area (Å²) in [7, 11) is 0. The quantitative estimate of drug-likeness (QED) is 0.124. The van der Waals surface area contributed by atoms with Gasteiger partial charge in [0.05, 0.1) is 23.2 Å². The number of rotatable bonds is 19. The Morgan fingerprint density at radius 2 is 1.10 bits per heavy atom. The van der Waals surface area contributed by atoms with Crippen molar-refractivity contribution in [2.75, 3.05) is 26.2 Å². The number of hydrogen-bond acceptors (Lipinski definition) is 8. The molecule has 2 saturated heterocycles. The molecule has 2 fully saturated rings. The van der Waals surface area contributed by atoms with Gasteiger partial charge in [0, 0.05) is 46.0 Å². The Balaban J connectivity index is 2.02. The van der Waals surface area contributed by atoms with Crippen molar-refractivity contribution >= 4 is 23.4 Å². The number of nitrogens with one attached hydrogen (secondary N) is 2. The number of Topliss-reactive ketones (excluding diaryl/α,β-unsaturated/α-hetero) is 3. The van der Waals surface area contributed by atoms with Crippen LogP contribution in [0, 0.1) is 16.2 Å². The first kappa shape index (κ1) is 52.3. The van der Waals surface area contributed by atoms with Gasteiger partial charge in [0.25, 0.3) is 0 Å². The molecule has 0 aromatic rings. The number of unbranched alkanes of at least 4 members (excludes halogenated alkanes) is 6. The van der Waals surface area contributed by atoms with Gasteiger partial charge < -0.3 is 15.0 Å². The summed E-state index contributed by atoms with van der Waals surface area (Å²) in [5, 5.41) is 7.42. The van der Waals surface area contributed by atoms with Gasteiger partial charge in [-0.25, -0.2) is 4.79 Å². The lowest BCUT2D eigenvalue weighted by Gasteiger charge is -2.48. The minimum absolute atomic E-state index is 0.0622. The standard InChI is InChI=1S/C49H92N4O5/c1-41(2,3)37(54)47(50-44(10,11)12,28-23-19-20-25-30-49(39(56)43(7,8)9)31-27-33-53(49)46(16,17)18)29-24-21-22-26-35-58-40(57)52-34-32-48(36-52,51-45(13,14)15)38(55)42(4,5)6/h50-51H,19-36H2,1-18H3/t47?,48-,49-/m0/s1. The van der Waals surface area contributed by atoms with Gasteiger partial charge in [0.2, 0.25) is 0 Å². The third kappa shape index (κ3) is 14.7. The second-order valence-corrected chi connectivity index (χ2v) is 24.5. The Kier molecular flexibility index (Phi) is 17.6. The molecule has 0 aliphatic carbocycles. The molecule has 0 aromatic heterocycles. The third-order valence-electron chi connectivity index (χ3n) is 12.1. The first-order valence-electron chi connectivity index (χ1n) is 23.1. The molecule has 58 heavy (non-hydrogen) atoms. The predicted molar refractivity (Wildman–Crippen MR) is 241 cm³/mol. The average molecular weight is 817 g/mol. The molecule has 2 N–H and O–H groups in total. The zero-order valence-electron chi connectivity index (χ0n) is 41.2. The number of hydrogen-bond donors (Lipinski definition) is 2. The van der Waals surface area contributed by atoms with Crippen molar-refractivity contribution in [3.8, 4) is 0 Å². The molecular weight excluding hydrogens is 725 g/mol. The molecule has 0 aromatic carbocycles.